The van der Waals surface area contributed by atoms with Crippen LogP contribution in [0.1, 0.15) is 59.0 Å². The van der Waals surface area contributed by atoms with Crippen LogP contribution in [0.2, 0.25) is 0 Å². The molecule has 2 aliphatic heterocycles. The van der Waals surface area contributed by atoms with E-state index >= 15 is 0 Å². The molecule has 3 amide bonds. The summed E-state index contributed by atoms with van der Waals surface area (Å²) in [6.07, 6.45) is 0.347. The van der Waals surface area contributed by atoms with Crippen molar-refractivity contribution in [3.8, 4) is 0 Å². The number of ether oxygens (including phenoxy) is 3. The van der Waals surface area contributed by atoms with E-state index in [0.717, 1.165) is 4.90 Å². The molecule has 2 aromatic rings. The van der Waals surface area contributed by atoms with E-state index in [-0.39, 0.29) is 24.9 Å². The lowest BCUT2D eigenvalue weighted by molar-refractivity contribution is -0.129. The number of halogens is 2. The first-order valence-electron chi connectivity index (χ1n) is 16.0. The van der Waals surface area contributed by atoms with Crippen LogP contribution in [0.4, 0.5) is 29.7 Å². The molecule has 16 heteroatoms. The van der Waals surface area contributed by atoms with Crippen LogP contribution >= 0.6 is 0 Å². The highest BCUT2D eigenvalue weighted by molar-refractivity contribution is 5.88. The number of anilines is 2. The molecule has 2 saturated heterocycles. The van der Waals surface area contributed by atoms with Crippen LogP contribution in [0.15, 0.2) is 36.7 Å². The zero-order valence-corrected chi connectivity index (χ0v) is 29.4. The van der Waals surface area contributed by atoms with E-state index in [1.807, 2.05) is 20.8 Å². The number of alkyl halides is 1. The van der Waals surface area contributed by atoms with Crippen LogP contribution in [-0.2, 0) is 19.0 Å². The fourth-order valence-electron chi connectivity index (χ4n) is 4.98. The number of carbonyl (C=O) groups excluding carboxylic acids is 4. The molecule has 270 valence electrons. The minimum atomic E-state index is -1.67. The molecule has 49 heavy (non-hydrogen) atoms. The van der Waals surface area contributed by atoms with Crippen molar-refractivity contribution >= 4 is 35.4 Å². The Morgan fingerprint density at radius 3 is 2.08 bits per heavy atom. The number of aromatic nitrogens is 2. The Morgan fingerprint density at radius 1 is 0.918 bits per heavy atom. The van der Waals surface area contributed by atoms with Crippen LogP contribution in [0.3, 0.4) is 0 Å². The lowest BCUT2D eigenvalue weighted by Gasteiger charge is -2.43. The summed E-state index contributed by atoms with van der Waals surface area (Å²) in [7, 11) is 1.21. The fourth-order valence-corrected chi connectivity index (χ4v) is 4.98. The van der Waals surface area contributed by atoms with Gasteiger partial charge >= 0.3 is 18.2 Å². The molecule has 0 spiro atoms. The highest BCUT2D eigenvalue weighted by atomic mass is 19.1. The van der Waals surface area contributed by atoms with Gasteiger partial charge in [0.2, 0.25) is 11.9 Å². The molecular formula is C33H47F2N7O7. The maximum Gasteiger partial charge on any atom is 0.413 e. The Kier molecular flexibility index (Phi) is 13.1. The number of rotatable bonds is 5. The summed E-state index contributed by atoms with van der Waals surface area (Å²) >= 11 is 0. The van der Waals surface area contributed by atoms with Crippen molar-refractivity contribution in [2.24, 2.45) is 0 Å². The predicted octanol–water partition coefficient (Wildman–Crippen LogP) is 4.00. The van der Waals surface area contributed by atoms with E-state index in [4.69, 9.17) is 9.47 Å². The van der Waals surface area contributed by atoms with Gasteiger partial charge in [0.15, 0.2) is 12.0 Å². The molecule has 1 N–H and O–H groups in total. The molecule has 0 aliphatic carbocycles. The van der Waals surface area contributed by atoms with Gasteiger partial charge < -0.3 is 34.2 Å². The molecule has 4 rings (SSSR count). The molecule has 2 aromatic heterocycles. The summed E-state index contributed by atoms with van der Waals surface area (Å²) in [5.41, 5.74) is -0.405. The van der Waals surface area contributed by atoms with Gasteiger partial charge in [-0.05, 0) is 72.7 Å². The first-order valence-corrected chi connectivity index (χ1v) is 16.0. The van der Waals surface area contributed by atoms with Gasteiger partial charge in [-0.1, -0.05) is 0 Å². The molecule has 0 aromatic carbocycles. The van der Waals surface area contributed by atoms with Crippen LogP contribution in [0.25, 0.3) is 0 Å². The number of nitrogens with zero attached hydrogens (tertiary/aromatic N) is 6. The molecule has 14 nitrogen and oxygen atoms in total. The van der Waals surface area contributed by atoms with Gasteiger partial charge in [-0.2, -0.15) is 4.39 Å². The zero-order valence-electron chi connectivity index (χ0n) is 29.4. The van der Waals surface area contributed by atoms with E-state index in [9.17, 15) is 28.0 Å². The maximum absolute atomic E-state index is 14.8. The minimum Gasteiger partial charge on any atom is -0.464 e. The van der Waals surface area contributed by atoms with Crippen molar-refractivity contribution in [3.63, 3.8) is 0 Å². The molecule has 0 saturated carbocycles. The van der Waals surface area contributed by atoms with E-state index in [2.05, 4.69) is 20.0 Å². The number of methoxy groups -OCH3 is 1. The van der Waals surface area contributed by atoms with Crippen LogP contribution in [0.5, 0.6) is 0 Å². The average molecular weight is 692 g/mol. The summed E-state index contributed by atoms with van der Waals surface area (Å²) in [5, 5.41) is 2.66. The lowest BCUT2D eigenvalue weighted by Crippen LogP contribution is -2.64. The van der Waals surface area contributed by atoms with Gasteiger partial charge in [-0.25, -0.2) is 23.8 Å². The SMILES string of the molecule is CCNC(=O)C1CN(c2cccnc2)CC(F)N1C(=O)OC(C)(C)C.COC(=O)c1ccc(N2CCN(C(=O)OC(C)(C)C)CC2)c(F)n1. The Labute approximate surface area is 285 Å². The van der Waals surface area contributed by atoms with Gasteiger partial charge in [0, 0.05) is 45.5 Å². The number of piperazine rings is 2. The molecule has 2 fully saturated rings. The predicted molar refractivity (Wildman–Crippen MR) is 177 cm³/mol. The quantitative estimate of drug-likeness (QED) is 0.210. The number of pyridine rings is 2. The molecule has 0 bridgehead atoms. The second-order valence-electron chi connectivity index (χ2n) is 13.3. The van der Waals surface area contributed by atoms with Gasteiger partial charge in [-0.3, -0.25) is 14.7 Å². The van der Waals surface area contributed by atoms with Gasteiger partial charge in [-0.15, -0.1) is 0 Å². The molecular weight excluding hydrogens is 644 g/mol. The Morgan fingerprint density at radius 2 is 1.55 bits per heavy atom. The van der Waals surface area contributed by atoms with E-state index < -0.39 is 47.5 Å². The monoisotopic (exact) mass is 691 g/mol. The van der Waals surface area contributed by atoms with E-state index in [1.54, 1.807) is 66.9 Å². The van der Waals surface area contributed by atoms with Crippen molar-refractivity contribution in [2.75, 3.05) is 62.7 Å². The molecule has 0 radical (unpaired) electrons. The molecule has 4 heterocycles. The summed E-state index contributed by atoms with van der Waals surface area (Å²) in [6, 6.07) is 5.46. The summed E-state index contributed by atoms with van der Waals surface area (Å²) < 4.78 is 44.1. The van der Waals surface area contributed by atoms with Crippen LogP contribution < -0.4 is 15.1 Å². The highest BCUT2D eigenvalue weighted by Crippen LogP contribution is 2.25. The summed E-state index contributed by atoms with van der Waals surface area (Å²) in [5.74, 6) is -1.83. The third kappa shape index (κ3) is 11.1. The van der Waals surface area contributed by atoms with E-state index in [0.29, 0.717) is 44.1 Å². The number of hydrogen-bond acceptors (Lipinski definition) is 11. The van der Waals surface area contributed by atoms with Crippen molar-refractivity contribution in [2.45, 2.75) is 72.0 Å². The first-order chi connectivity index (χ1) is 22.9. The number of hydrogen-bond donors (Lipinski definition) is 1. The third-order valence-corrected chi connectivity index (χ3v) is 7.17. The van der Waals surface area contributed by atoms with Crippen molar-refractivity contribution in [3.05, 3.63) is 48.3 Å². The van der Waals surface area contributed by atoms with Gasteiger partial charge in [0.1, 0.15) is 17.2 Å². The van der Waals surface area contributed by atoms with Crippen molar-refractivity contribution in [1.29, 1.82) is 0 Å². The maximum atomic E-state index is 14.8. The standard InChI is InChI=1S/C17H25FN4O3.C16H22FN3O4/c1-5-20-15(23)13-10-21(12-7-6-8-19-9-12)11-14(18)22(13)16(24)25-17(2,3)4;1-16(2,3)24-15(22)20-9-7-19(8-10-20)12-6-5-11(14(21)23-4)18-13(12)17/h6-9,13-14H,5,10-11H2,1-4H3,(H,20,23);5-6H,7-10H2,1-4H3. The second kappa shape index (κ2) is 16.6. The average Bonchev–Trinajstić information content (AvgIpc) is 3.03. The summed E-state index contributed by atoms with van der Waals surface area (Å²) in [6.45, 7) is 14.6. The topological polar surface area (TPSA) is 147 Å². The van der Waals surface area contributed by atoms with Gasteiger partial charge in [0.25, 0.3) is 0 Å². The number of likely N-dealkylation sites (N-methyl/N-ethyl adjacent to an activating group) is 1. The number of carbonyl (C=O) groups is 4. The zero-order chi connectivity index (χ0) is 36.5. The minimum absolute atomic E-state index is 0.0547. The molecule has 2 aliphatic rings. The largest absolute Gasteiger partial charge is 0.464 e. The second-order valence-corrected chi connectivity index (χ2v) is 13.3. The Balaban J connectivity index is 0.000000266. The summed E-state index contributed by atoms with van der Waals surface area (Å²) in [4.78, 5) is 61.9. The number of nitrogens with one attached hydrogen (secondary N) is 1. The normalized spacial score (nSPS) is 18.2. The first kappa shape index (κ1) is 38.7. The Hall–Kier alpha value is -4.76. The van der Waals surface area contributed by atoms with Crippen LogP contribution in [0, 0.1) is 5.95 Å². The van der Waals surface area contributed by atoms with Crippen molar-refractivity contribution in [1.82, 2.24) is 25.1 Å². The molecule has 2 unspecified atom stereocenters. The lowest BCUT2D eigenvalue weighted by atomic mass is 10.1. The number of esters is 1. The smallest absolute Gasteiger partial charge is 0.413 e. The third-order valence-electron chi connectivity index (χ3n) is 7.17. The van der Waals surface area contributed by atoms with Gasteiger partial charge in [0.05, 0.1) is 31.2 Å². The highest BCUT2D eigenvalue weighted by Gasteiger charge is 2.43. The number of amides is 3. The molecule has 2 atom stereocenters. The van der Waals surface area contributed by atoms with Crippen LogP contribution in [-0.4, -0.2) is 120 Å². The Bertz CT molecular complexity index is 1450. The fraction of sp³-hybridized carbons (Fsp3) is 0.576. The van der Waals surface area contributed by atoms with Crippen molar-refractivity contribution < 1.29 is 42.2 Å². The van der Waals surface area contributed by atoms with E-state index in [1.165, 1.54) is 19.2 Å².